The summed E-state index contributed by atoms with van der Waals surface area (Å²) >= 11 is 12.0. The maximum Gasteiger partial charge on any atom is 0.323 e. The van der Waals surface area contributed by atoms with Crippen LogP contribution in [0, 0.1) is 0 Å². The van der Waals surface area contributed by atoms with Crippen LogP contribution in [0.1, 0.15) is 11.6 Å². The van der Waals surface area contributed by atoms with Crippen LogP contribution >= 0.6 is 23.2 Å². The van der Waals surface area contributed by atoms with Crippen LogP contribution in [-0.4, -0.2) is 39.0 Å². The summed E-state index contributed by atoms with van der Waals surface area (Å²) in [6, 6.07) is 3.30. The summed E-state index contributed by atoms with van der Waals surface area (Å²) in [5.74, 6) is -1.04. The molecule has 1 saturated heterocycles. The summed E-state index contributed by atoms with van der Waals surface area (Å²) in [6.07, 6.45) is 0. The van der Waals surface area contributed by atoms with Gasteiger partial charge in [0.1, 0.15) is 6.04 Å². The second-order valence-corrected chi connectivity index (χ2v) is 7.54. The largest absolute Gasteiger partial charge is 0.468 e. The van der Waals surface area contributed by atoms with E-state index in [1.54, 1.807) is 18.2 Å². The third-order valence-corrected chi connectivity index (χ3v) is 5.32. The minimum atomic E-state index is -3.38. The smallest absolute Gasteiger partial charge is 0.323 e. The summed E-state index contributed by atoms with van der Waals surface area (Å²) in [7, 11) is -2.16. The Morgan fingerprint density at radius 2 is 2.05 bits per heavy atom. The van der Waals surface area contributed by atoms with Gasteiger partial charge in [-0.3, -0.25) is 10.1 Å². The first-order chi connectivity index (χ1) is 9.32. The van der Waals surface area contributed by atoms with Gasteiger partial charge in [-0.1, -0.05) is 23.2 Å². The first-order valence-electron chi connectivity index (χ1n) is 5.81. The number of ether oxygens (including phenoxy) is 1. The number of esters is 1. The minimum Gasteiger partial charge on any atom is -0.468 e. The Balaban J connectivity index is 2.36. The minimum absolute atomic E-state index is 0.138. The van der Waals surface area contributed by atoms with Gasteiger partial charge >= 0.3 is 5.97 Å². The Morgan fingerprint density at radius 1 is 1.35 bits per heavy atom. The Kier molecular flexibility index (Phi) is 4.59. The van der Waals surface area contributed by atoms with E-state index < -0.39 is 27.9 Å². The van der Waals surface area contributed by atoms with Crippen molar-refractivity contribution in [2.75, 3.05) is 18.6 Å². The number of methoxy groups -OCH3 is 1. The summed E-state index contributed by atoms with van der Waals surface area (Å²) in [5.41, 5.74) is 0.552. The van der Waals surface area contributed by atoms with Gasteiger partial charge in [-0.25, -0.2) is 8.42 Å². The van der Waals surface area contributed by atoms with E-state index in [1.165, 1.54) is 7.11 Å². The predicted octanol–water partition coefficient (Wildman–Crippen LogP) is 1.59. The van der Waals surface area contributed by atoms with Crippen molar-refractivity contribution in [2.24, 2.45) is 0 Å². The molecule has 1 fully saturated rings. The number of halogens is 2. The highest BCUT2D eigenvalue weighted by Crippen LogP contribution is 2.29. The Labute approximate surface area is 127 Å². The van der Waals surface area contributed by atoms with E-state index in [4.69, 9.17) is 23.2 Å². The van der Waals surface area contributed by atoms with E-state index in [9.17, 15) is 13.2 Å². The summed E-state index contributed by atoms with van der Waals surface area (Å²) in [6.45, 7) is 0. The molecule has 0 aromatic heterocycles. The van der Waals surface area contributed by atoms with Crippen LogP contribution in [0.3, 0.4) is 0 Å². The molecule has 1 N–H and O–H groups in total. The highest BCUT2D eigenvalue weighted by atomic mass is 35.5. The Bertz CT molecular complexity index is 632. The van der Waals surface area contributed by atoms with Crippen molar-refractivity contribution in [1.29, 1.82) is 0 Å². The van der Waals surface area contributed by atoms with Crippen molar-refractivity contribution >= 4 is 39.0 Å². The van der Waals surface area contributed by atoms with Crippen LogP contribution in [0.15, 0.2) is 18.2 Å². The topological polar surface area (TPSA) is 72.5 Å². The highest BCUT2D eigenvalue weighted by Gasteiger charge is 2.37. The standard InChI is InChI=1S/C12H13Cl2NO4S/c1-19-12(16)11-6-20(17,18)5-10(15-11)8-4-7(13)2-3-9(8)14/h2-4,10-11,15H,5-6H2,1H3. The van der Waals surface area contributed by atoms with E-state index in [-0.39, 0.29) is 11.5 Å². The maximum atomic E-state index is 11.9. The van der Waals surface area contributed by atoms with Crippen molar-refractivity contribution < 1.29 is 17.9 Å². The van der Waals surface area contributed by atoms with Gasteiger partial charge in [-0.15, -0.1) is 0 Å². The van der Waals surface area contributed by atoms with E-state index in [1.807, 2.05) is 0 Å². The molecule has 0 spiro atoms. The molecule has 0 saturated carbocycles. The molecule has 20 heavy (non-hydrogen) atoms. The second kappa shape index (κ2) is 5.89. The van der Waals surface area contributed by atoms with Gasteiger partial charge in [0.15, 0.2) is 9.84 Å². The van der Waals surface area contributed by atoms with E-state index in [0.717, 1.165) is 0 Å². The van der Waals surface area contributed by atoms with E-state index in [0.29, 0.717) is 15.6 Å². The lowest BCUT2D eigenvalue weighted by molar-refractivity contribution is -0.142. The maximum absolute atomic E-state index is 11.9. The highest BCUT2D eigenvalue weighted by molar-refractivity contribution is 7.91. The van der Waals surface area contributed by atoms with Crippen molar-refractivity contribution in [3.8, 4) is 0 Å². The number of benzene rings is 1. The third-order valence-electron chi connectivity index (χ3n) is 3.06. The molecule has 0 bridgehead atoms. The molecule has 0 radical (unpaired) electrons. The number of rotatable bonds is 2. The van der Waals surface area contributed by atoms with Gasteiger partial charge in [0.05, 0.1) is 18.6 Å². The zero-order valence-corrected chi connectivity index (χ0v) is 12.9. The van der Waals surface area contributed by atoms with Crippen LogP contribution in [-0.2, 0) is 19.4 Å². The number of nitrogens with one attached hydrogen (secondary N) is 1. The van der Waals surface area contributed by atoms with Crippen LogP contribution in [0.5, 0.6) is 0 Å². The molecule has 1 heterocycles. The third kappa shape index (κ3) is 3.44. The zero-order valence-electron chi connectivity index (χ0n) is 10.6. The first-order valence-corrected chi connectivity index (χ1v) is 8.39. The molecule has 2 rings (SSSR count). The van der Waals surface area contributed by atoms with Crippen molar-refractivity contribution in [2.45, 2.75) is 12.1 Å². The molecule has 1 aromatic rings. The SMILES string of the molecule is COC(=O)C1CS(=O)(=O)CC(c2cc(Cl)ccc2Cl)N1. The van der Waals surface area contributed by atoms with Gasteiger partial charge in [0.2, 0.25) is 0 Å². The van der Waals surface area contributed by atoms with Gasteiger partial charge < -0.3 is 4.74 Å². The van der Waals surface area contributed by atoms with Crippen LogP contribution in [0.2, 0.25) is 10.0 Å². The van der Waals surface area contributed by atoms with Crippen LogP contribution in [0.4, 0.5) is 0 Å². The fourth-order valence-electron chi connectivity index (χ4n) is 2.15. The lowest BCUT2D eigenvalue weighted by Gasteiger charge is -2.30. The first kappa shape index (κ1) is 15.6. The quantitative estimate of drug-likeness (QED) is 0.829. The number of carbonyl (C=O) groups is 1. The predicted molar refractivity (Wildman–Crippen MR) is 76.8 cm³/mol. The average Bonchev–Trinajstić information content (AvgIpc) is 2.38. The molecule has 1 aliphatic rings. The lowest BCUT2D eigenvalue weighted by Crippen LogP contribution is -2.51. The van der Waals surface area contributed by atoms with E-state index >= 15 is 0 Å². The molecule has 1 aromatic carbocycles. The average molecular weight is 338 g/mol. The summed E-state index contributed by atoms with van der Waals surface area (Å²) in [5, 5.41) is 3.79. The van der Waals surface area contributed by atoms with Crippen LogP contribution < -0.4 is 5.32 Å². The molecule has 0 amide bonds. The van der Waals surface area contributed by atoms with Gasteiger partial charge in [-0.05, 0) is 23.8 Å². The molecular formula is C12H13Cl2NO4S. The molecule has 8 heteroatoms. The number of sulfone groups is 1. The number of carbonyl (C=O) groups excluding carboxylic acids is 1. The molecular weight excluding hydrogens is 325 g/mol. The molecule has 5 nitrogen and oxygen atoms in total. The normalized spacial score (nSPS) is 25.1. The van der Waals surface area contributed by atoms with Gasteiger partial charge in [-0.2, -0.15) is 0 Å². The second-order valence-electron chi connectivity index (χ2n) is 4.54. The number of hydrogen-bond donors (Lipinski definition) is 1. The van der Waals surface area contributed by atoms with Crippen molar-refractivity contribution in [1.82, 2.24) is 5.32 Å². The Morgan fingerprint density at radius 3 is 2.70 bits per heavy atom. The molecule has 2 atom stereocenters. The molecule has 2 unspecified atom stereocenters. The lowest BCUT2D eigenvalue weighted by atomic mass is 10.1. The number of hydrogen-bond acceptors (Lipinski definition) is 5. The van der Waals surface area contributed by atoms with Crippen molar-refractivity contribution in [3.05, 3.63) is 33.8 Å². The molecule has 110 valence electrons. The summed E-state index contributed by atoms with van der Waals surface area (Å²) < 4.78 is 28.5. The fraction of sp³-hybridized carbons (Fsp3) is 0.417. The van der Waals surface area contributed by atoms with E-state index in [2.05, 4.69) is 10.1 Å². The van der Waals surface area contributed by atoms with Gasteiger partial charge in [0, 0.05) is 16.1 Å². The molecule has 1 aliphatic heterocycles. The fourth-order valence-corrected chi connectivity index (χ4v) is 4.24. The van der Waals surface area contributed by atoms with Gasteiger partial charge in [0.25, 0.3) is 0 Å². The zero-order chi connectivity index (χ0) is 14.9. The van der Waals surface area contributed by atoms with Crippen LogP contribution in [0.25, 0.3) is 0 Å². The molecule has 0 aliphatic carbocycles. The Hall–Kier alpha value is -0.820. The monoisotopic (exact) mass is 337 g/mol. The van der Waals surface area contributed by atoms with Crippen molar-refractivity contribution in [3.63, 3.8) is 0 Å². The summed E-state index contributed by atoms with van der Waals surface area (Å²) in [4.78, 5) is 11.6.